The van der Waals surface area contributed by atoms with Crippen LogP contribution in [0.1, 0.15) is 27.5 Å². The molecule has 8 nitrogen and oxygen atoms in total. The van der Waals surface area contributed by atoms with E-state index in [2.05, 4.69) is 0 Å². The standard InChI is InChI=1S/C27H18ClN3O5/c28-17-7-5-16(6-8-17)25(32)24-22-21(23-20-4-2-1-3-15(20)13-14-29(23)24)26(33)30(27(22)34)18-9-11-19(12-10-18)31(35)36/h1-14,21-24H/t21-,22+,23-,24-/m0/s1. The van der Waals surface area contributed by atoms with Crippen LogP contribution in [0.15, 0.2) is 79.0 Å². The first kappa shape index (κ1) is 22.2. The molecule has 0 saturated carbocycles. The number of non-ortho nitro benzene ring substituents is 1. The average Bonchev–Trinajstić information content (AvgIpc) is 3.36. The predicted octanol–water partition coefficient (Wildman–Crippen LogP) is 4.65. The number of imide groups is 1. The molecular formula is C27H18ClN3O5. The van der Waals surface area contributed by atoms with E-state index in [1.54, 1.807) is 30.5 Å². The van der Waals surface area contributed by atoms with Crippen molar-refractivity contribution in [1.29, 1.82) is 0 Å². The summed E-state index contributed by atoms with van der Waals surface area (Å²) in [4.78, 5) is 54.9. The maximum Gasteiger partial charge on any atom is 0.269 e. The minimum absolute atomic E-state index is 0.147. The number of nitro benzene ring substituents is 1. The third-order valence-corrected chi connectivity index (χ3v) is 7.43. The summed E-state index contributed by atoms with van der Waals surface area (Å²) < 4.78 is 0. The van der Waals surface area contributed by atoms with E-state index in [-0.39, 0.29) is 17.2 Å². The van der Waals surface area contributed by atoms with Gasteiger partial charge in [0.25, 0.3) is 5.69 Å². The van der Waals surface area contributed by atoms with E-state index >= 15 is 0 Å². The molecule has 3 heterocycles. The summed E-state index contributed by atoms with van der Waals surface area (Å²) in [7, 11) is 0. The maximum absolute atomic E-state index is 13.8. The second-order valence-electron chi connectivity index (χ2n) is 8.99. The Bertz CT molecular complexity index is 1470. The third kappa shape index (κ3) is 3.18. The Morgan fingerprint density at radius 2 is 1.56 bits per heavy atom. The first-order valence-electron chi connectivity index (χ1n) is 11.3. The molecule has 3 aromatic carbocycles. The number of nitrogens with zero attached hydrogens (tertiary/aromatic N) is 3. The zero-order valence-corrected chi connectivity index (χ0v) is 19.4. The second-order valence-corrected chi connectivity index (χ2v) is 9.43. The van der Waals surface area contributed by atoms with Gasteiger partial charge in [0.05, 0.1) is 28.5 Å². The van der Waals surface area contributed by atoms with E-state index in [4.69, 9.17) is 11.6 Å². The van der Waals surface area contributed by atoms with Crippen molar-refractivity contribution in [2.24, 2.45) is 11.8 Å². The number of hydrogen-bond donors (Lipinski definition) is 0. The van der Waals surface area contributed by atoms with Gasteiger partial charge in [-0.2, -0.15) is 0 Å². The van der Waals surface area contributed by atoms with Gasteiger partial charge in [-0.05, 0) is 53.6 Å². The highest BCUT2D eigenvalue weighted by atomic mass is 35.5. The molecule has 0 unspecified atom stereocenters. The molecule has 0 N–H and O–H groups in total. The first-order chi connectivity index (χ1) is 17.4. The van der Waals surface area contributed by atoms with Gasteiger partial charge in [0, 0.05) is 28.9 Å². The molecule has 36 heavy (non-hydrogen) atoms. The van der Waals surface area contributed by atoms with Crippen LogP contribution in [0.25, 0.3) is 6.08 Å². The molecule has 3 aliphatic heterocycles. The molecule has 0 aromatic heterocycles. The molecule has 3 aliphatic rings. The fourth-order valence-electron chi connectivity index (χ4n) is 5.62. The molecule has 2 fully saturated rings. The van der Waals surface area contributed by atoms with Crippen LogP contribution >= 0.6 is 11.6 Å². The van der Waals surface area contributed by atoms with Crippen molar-refractivity contribution in [3.63, 3.8) is 0 Å². The molecule has 0 spiro atoms. The molecule has 3 aromatic rings. The Labute approximate surface area is 210 Å². The summed E-state index contributed by atoms with van der Waals surface area (Å²) in [6.07, 6.45) is 3.68. The van der Waals surface area contributed by atoms with Gasteiger partial charge in [0.2, 0.25) is 11.8 Å². The zero-order chi connectivity index (χ0) is 25.1. The fourth-order valence-corrected chi connectivity index (χ4v) is 5.75. The van der Waals surface area contributed by atoms with Crippen molar-refractivity contribution in [3.8, 4) is 0 Å². The van der Waals surface area contributed by atoms with E-state index in [1.807, 2.05) is 35.2 Å². The van der Waals surface area contributed by atoms with Gasteiger partial charge in [-0.3, -0.25) is 24.5 Å². The third-order valence-electron chi connectivity index (χ3n) is 7.18. The van der Waals surface area contributed by atoms with Crippen LogP contribution in [0.2, 0.25) is 5.02 Å². The largest absolute Gasteiger partial charge is 0.358 e. The Morgan fingerprint density at radius 1 is 0.889 bits per heavy atom. The number of hydrogen-bond acceptors (Lipinski definition) is 6. The topological polar surface area (TPSA) is 101 Å². The van der Waals surface area contributed by atoms with Gasteiger partial charge in [-0.1, -0.05) is 35.9 Å². The molecule has 0 bridgehead atoms. The van der Waals surface area contributed by atoms with Crippen LogP contribution in [-0.2, 0) is 9.59 Å². The monoisotopic (exact) mass is 499 g/mol. The Morgan fingerprint density at radius 3 is 2.25 bits per heavy atom. The summed E-state index contributed by atoms with van der Waals surface area (Å²) in [6.45, 7) is 0. The lowest BCUT2D eigenvalue weighted by Gasteiger charge is -2.35. The number of fused-ring (bicyclic) bond motifs is 5. The van der Waals surface area contributed by atoms with Gasteiger partial charge in [-0.15, -0.1) is 0 Å². The average molecular weight is 500 g/mol. The summed E-state index contributed by atoms with van der Waals surface area (Å²) in [5.41, 5.74) is 2.28. The minimum atomic E-state index is -0.920. The summed E-state index contributed by atoms with van der Waals surface area (Å²) in [5.74, 6) is -2.91. The number of anilines is 1. The van der Waals surface area contributed by atoms with Gasteiger partial charge in [0.1, 0.15) is 6.04 Å². The SMILES string of the molecule is O=C(c1ccc(Cl)cc1)[C@@H]1[C@@H]2C(=O)N(c3ccc([N+](=O)[O-])cc3)C(=O)[C@@H]2[C@@H]2c3ccccc3C=CN12. The highest BCUT2D eigenvalue weighted by Gasteiger charge is 2.64. The quantitative estimate of drug-likeness (QED) is 0.224. The van der Waals surface area contributed by atoms with Crippen LogP contribution in [0.4, 0.5) is 11.4 Å². The van der Waals surface area contributed by atoms with Crippen molar-refractivity contribution < 1.29 is 19.3 Å². The summed E-state index contributed by atoms with van der Waals surface area (Å²) >= 11 is 6.01. The normalized spacial score (nSPS) is 23.9. The second kappa shape index (κ2) is 8.13. The molecule has 2 amide bonds. The molecule has 0 aliphatic carbocycles. The van der Waals surface area contributed by atoms with Crippen LogP contribution in [0.5, 0.6) is 0 Å². The Balaban J connectivity index is 1.47. The molecule has 2 saturated heterocycles. The van der Waals surface area contributed by atoms with Crippen LogP contribution < -0.4 is 4.90 Å². The molecule has 0 radical (unpaired) electrons. The molecule has 6 rings (SSSR count). The van der Waals surface area contributed by atoms with Crippen molar-refractivity contribution in [3.05, 3.63) is 111 Å². The Kier molecular flexibility index (Phi) is 5.01. The van der Waals surface area contributed by atoms with E-state index in [0.717, 1.165) is 16.0 Å². The Hall–Kier alpha value is -4.30. The molecular weight excluding hydrogens is 482 g/mol. The van der Waals surface area contributed by atoms with Crippen molar-refractivity contribution >= 4 is 46.6 Å². The zero-order valence-electron chi connectivity index (χ0n) is 18.7. The number of carbonyl (C=O) groups excluding carboxylic acids is 3. The lowest BCUT2D eigenvalue weighted by molar-refractivity contribution is -0.384. The van der Waals surface area contributed by atoms with E-state index in [1.165, 1.54) is 24.3 Å². The smallest absolute Gasteiger partial charge is 0.269 e. The van der Waals surface area contributed by atoms with Crippen LogP contribution in [0, 0.1) is 22.0 Å². The fraction of sp³-hybridized carbons (Fsp3) is 0.148. The van der Waals surface area contributed by atoms with Crippen LogP contribution in [-0.4, -0.2) is 33.5 Å². The lowest BCUT2D eigenvalue weighted by atomic mass is 9.83. The van der Waals surface area contributed by atoms with Gasteiger partial charge < -0.3 is 4.90 Å². The predicted molar refractivity (Wildman–Crippen MR) is 132 cm³/mol. The minimum Gasteiger partial charge on any atom is -0.358 e. The number of halogens is 1. The highest BCUT2D eigenvalue weighted by molar-refractivity contribution is 6.30. The van der Waals surface area contributed by atoms with Gasteiger partial charge in [0.15, 0.2) is 5.78 Å². The number of Topliss-reactive ketones (excluding diaryl/α,β-unsaturated/α-hetero) is 1. The number of benzene rings is 3. The van der Waals surface area contributed by atoms with Crippen molar-refractivity contribution in [2.45, 2.75) is 12.1 Å². The van der Waals surface area contributed by atoms with E-state index < -0.39 is 40.7 Å². The highest BCUT2D eigenvalue weighted by Crippen LogP contribution is 2.53. The van der Waals surface area contributed by atoms with E-state index in [0.29, 0.717) is 10.6 Å². The summed E-state index contributed by atoms with van der Waals surface area (Å²) in [5, 5.41) is 11.6. The van der Waals surface area contributed by atoms with Crippen molar-refractivity contribution in [1.82, 2.24) is 4.90 Å². The summed E-state index contributed by atoms with van der Waals surface area (Å²) in [6, 6.07) is 18.0. The molecule has 178 valence electrons. The number of ketones is 1. The lowest BCUT2D eigenvalue weighted by Crippen LogP contribution is -2.44. The van der Waals surface area contributed by atoms with Gasteiger partial charge in [-0.25, -0.2) is 4.90 Å². The molecule has 9 heteroatoms. The number of carbonyl (C=O) groups is 3. The first-order valence-corrected chi connectivity index (χ1v) is 11.7. The maximum atomic E-state index is 13.8. The number of amides is 2. The number of rotatable bonds is 4. The van der Waals surface area contributed by atoms with E-state index in [9.17, 15) is 24.5 Å². The number of nitro groups is 1. The van der Waals surface area contributed by atoms with Crippen molar-refractivity contribution in [2.75, 3.05) is 4.90 Å². The molecule has 4 atom stereocenters. The van der Waals surface area contributed by atoms with Crippen LogP contribution in [0.3, 0.4) is 0 Å². The van der Waals surface area contributed by atoms with Gasteiger partial charge >= 0.3 is 0 Å².